The van der Waals surface area contributed by atoms with E-state index in [1.54, 1.807) is 6.08 Å². The fourth-order valence-electron chi connectivity index (χ4n) is 8.19. The van der Waals surface area contributed by atoms with Crippen molar-refractivity contribution in [2.75, 3.05) is 13.2 Å². The number of unbranched alkanes of at least 4 members (excludes halogenated alkanes) is 23. The average molecular weight is 984 g/mol. The summed E-state index contributed by atoms with van der Waals surface area (Å²) in [7, 11) is 0. The van der Waals surface area contributed by atoms with E-state index in [1.165, 1.54) is 103 Å². The van der Waals surface area contributed by atoms with Crippen LogP contribution in [-0.4, -0.2) is 99.6 Å². The molecular formula is C59H101NO10. The van der Waals surface area contributed by atoms with Gasteiger partial charge in [0, 0.05) is 6.42 Å². The zero-order valence-corrected chi connectivity index (χ0v) is 44.1. The maximum Gasteiger partial charge on any atom is 0.306 e. The second kappa shape index (κ2) is 46.9. The molecule has 1 aliphatic rings. The van der Waals surface area contributed by atoms with E-state index < -0.39 is 67.4 Å². The Hall–Kier alpha value is -3.16. The topological polar surface area (TPSA) is 175 Å². The molecule has 1 heterocycles. The van der Waals surface area contributed by atoms with E-state index in [9.17, 15) is 35.1 Å². The van der Waals surface area contributed by atoms with Crippen LogP contribution in [0.3, 0.4) is 0 Å². The molecule has 0 bridgehead atoms. The van der Waals surface area contributed by atoms with Crippen molar-refractivity contribution in [2.24, 2.45) is 0 Å². The minimum absolute atomic E-state index is 0.0690. The first kappa shape index (κ1) is 64.9. The highest BCUT2D eigenvalue weighted by molar-refractivity contribution is 5.80. The lowest BCUT2D eigenvalue weighted by molar-refractivity contribution is -0.305. The van der Waals surface area contributed by atoms with Crippen LogP contribution >= 0.6 is 0 Å². The van der Waals surface area contributed by atoms with Crippen LogP contribution in [0.15, 0.2) is 85.1 Å². The normalized spacial score (nSPS) is 20.4. The van der Waals surface area contributed by atoms with Crippen molar-refractivity contribution in [3.05, 3.63) is 85.1 Å². The third kappa shape index (κ3) is 35.0. The van der Waals surface area contributed by atoms with E-state index >= 15 is 0 Å². The Labute approximate surface area is 425 Å². The van der Waals surface area contributed by atoms with Gasteiger partial charge in [0.1, 0.15) is 24.4 Å². The predicted octanol–water partition coefficient (Wildman–Crippen LogP) is 12.2. The number of nitrogens with one attached hydrogen (secondary N) is 1. The average Bonchev–Trinajstić information content (AvgIpc) is 3.36. The maximum absolute atomic E-state index is 13.3. The van der Waals surface area contributed by atoms with E-state index in [0.717, 1.165) is 64.2 Å². The van der Waals surface area contributed by atoms with E-state index in [4.69, 9.17) is 14.2 Å². The van der Waals surface area contributed by atoms with Crippen molar-refractivity contribution in [1.82, 2.24) is 5.32 Å². The molecule has 8 unspecified atom stereocenters. The van der Waals surface area contributed by atoms with Crippen molar-refractivity contribution in [3.63, 3.8) is 0 Å². The molecule has 1 aliphatic heterocycles. The lowest BCUT2D eigenvalue weighted by Crippen LogP contribution is -2.61. The number of aliphatic hydroxyl groups is 5. The van der Waals surface area contributed by atoms with Gasteiger partial charge in [-0.2, -0.15) is 0 Å². The van der Waals surface area contributed by atoms with Gasteiger partial charge in [0.05, 0.1) is 25.4 Å². The van der Waals surface area contributed by atoms with Crippen molar-refractivity contribution < 1.29 is 49.3 Å². The molecule has 0 aromatic carbocycles. The fourth-order valence-corrected chi connectivity index (χ4v) is 8.19. The molecule has 402 valence electrons. The van der Waals surface area contributed by atoms with Gasteiger partial charge >= 0.3 is 5.97 Å². The number of ether oxygens (including phenoxy) is 3. The monoisotopic (exact) mass is 984 g/mol. The maximum atomic E-state index is 13.3. The molecule has 1 amide bonds. The van der Waals surface area contributed by atoms with E-state index in [1.807, 2.05) is 54.7 Å². The quantitative estimate of drug-likeness (QED) is 0.0149. The smallest absolute Gasteiger partial charge is 0.306 e. The molecule has 1 fully saturated rings. The molecule has 0 radical (unpaired) electrons. The molecule has 1 rings (SSSR count). The number of rotatable bonds is 45. The number of carbonyl (C=O) groups is 2. The Kier molecular flexibility index (Phi) is 43.4. The van der Waals surface area contributed by atoms with Crippen molar-refractivity contribution in [3.8, 4) is 0 Å². The van der Waals surface area contributed by atoms with Crippen LogP contribution in [0.2, 0.25) is 0 Å². The summed E-state index contributed by atoms with van der Waals surface area (Å²) in [6.07, 6.45) is 49.1. The van der Waals surface area contributed by atoms with Gasteiger partial charge in [-0.3, -0.25) is 9.59 Å². The molecule has 70 heavy (non-hydrogen) atoms. The first-order valence-electron chi connectivity index (χ1n) is 27.9. The summed E-state index contributed by atoms with van der Waals surface area (Å²) < 4.78 is 17.5. The third-order valence-corrected chi connectivity index (χ3v) is 12.7. The molecule has 0 aromatic rings. The molecule has 11 nitrogen and oxygen atoms in total. The minimum atomic E-state index is -1.64. The lowest BCUT2D eigenvalue weighted by Gasteiger charge is -2.41. The van der Waals surface area contributed by atoms with Gasteiger partial charge in [-0.05, 0) is 70.6 Å². The van der Waals surface area contributed by atoms with Gasteiger partial charge in [0.25, 0.3) is 0 Å². The van der Waals surface area contributed by atoms with Crippen LogP contribution in [0, 0.1) is 0 Å². The van der Waals surface area contributed by atoms with Crippen LogP contribution < -0.4 is 5.32 Å². The third-order valence-electron chi connectivity index (χ3n) is 12.7. The second-order valence-corrected chi connectivity index (χ2v) is 19.1. The van der Waals surface area contributed by atoms with Crippen LogP contribution in [-0.2, 0) is 23.8 Å². The summed E-state index contributed by atoms with van der Waals surface area (Å²) in [6, 6.07) is -1.04. The lowest BCUT2D eigenvalue weighted by atomic mass is 9.99. The molecule has 11 heteroatoms. The highest BCUT2D eigenvalue weighted by Crippen LogP contribution is 2.26. The van der Waals surface area contributed by atoms with E-state index in [-0.39, 0.29) is 19.4 Å². The summed E-state index contributed by atoms with van der Waals surface area (Å²) in [6.45, 7) is 5.58. The molecule has 8 atom stereocenters. The summed E-state index contributed by atoms with van der Waals surface area (Å²) >= 11 is 0. The number of hydrogen-bond acceptors (Lipinski definition) is 10. The Morgan fingerprint density at radius 2 is 1.04 bits per heavy atom. The van der Waals surface area contributed by atoms with Gasteiger partial charge in [-0.25, -0.2) is 0 Å². The number of amides is 1. The summed E-state index contributed by atoms with van der Waals surface area (Å²) in [5, 5.41) is 56.7. The van der Waals surface area contributed by atoms with Gasteiger partial charge in [-0.1, -0.05) is 221 Å². The largest absolute Gasteiger partial charge is 0.454 e. The number of aliphatic hydroxyl groups excluding tert-OH is 5. The standard InChI is InChI=1S/C59H101NO10/c1-4-7-10-13-16-19-22-25-26-29-32-35-38-41-44-47-54(64)70-57-56(66)55(65)53(48-61)69-59(57)68-49-50(51(62)45-42-39-36-33-30-27-23-20-17-14-11-8-5-2)60-58(67)52(63)46-43-40-37-34-31-28-24-21-18-15-12-9-6-3/h7,10,13,16,19,22,25-26,29,31-32,34,42,45,50-53,55-57,59,61-63,65-66H,4-6,8-9,11-12,14-15,17-18,20-21,23-24,27-28,30,33,35-41,43-44,46-49H2,1-3H3,(H,60,67)/b10-7+,16-13+,22-19-,26-25-,32-29+,34-31-,45-42+. The zero-order chi connectivity index (χ0) is 51.1. The Balaban J connectivity index is 2.81. The highest BCUT2D eigenvalue weighted by Gasteiger charge is 2.47. The molecule has 0 saturated carbocycles. The van der Waals surface area contributed by atoms with Crippen molar-refractivity contribution in [2.45, 2.75) is 262 Å². The molecule has 1 saturated heterocycles. The van der Waals surface area contributed by atoms with Crippen molar-refractivity contribution in [1.29, 1.82) is 0 Å². The molecule has 0 aliphatic carbocycles. The molecular weight excluding hydrogens is 883 g/mol. The number of esters is 1. The Morgan fingerprint density at radius 3 is 1.59 bits per heavy atom. The summed E-state index contributed by atoms with van der Waals surface area (Å²) in [4.78, 5) is 26.4. The van der Waals surface area contributed by atoms with Crippen LogP contribution in [0.4, 0.5) is 0 Å². The van der Waals surface area contributed by atoms with Gasteiger partial charge in [0.15, 0.2) is 12.4 Å². The van der Waals surface area contributed by atoms with Crippen LogP contribution in [0.1, 0.15) is 213 Å². The summed E-state index contributed by atoms with van der Waals surface area (Å²) in [5.41, 5.74) is 0. The van der Waals surface area contributed by atoms with Gasteiger partial charge in [0.2, 0.25) is 5.91 Å². The van der Waals surface area contributed by atoms with Crippen LogP contribution in [0.5, 0.6) is 0 Å². The number of carbonyl (C=O) groups excluding carboxylic acids is 2. The number of allylic oxidation sites excluding steroid dienone is 13. The minimum Gasteiger partial charge on any atom is -0.454 e. The first-order chi connectivity index (χ1) is 34.2. The molecule has 6 N–H and O–H groups in total. The van der Waals surface area contributed by atoms with Crippen molar-refractivity contribution >= 4 is 11.9 Å². The zero-order valence-electron chi connectivity index (χ0n) is 44.1. The Morgan fingerprint density at radius 1 is 0.571 bits per heavy atom. The molecule has 0 aromatic heterocycles. The van der Waals surface area contributed by atoms with E-state index in [2.05, 4.69) is 50.4 Å². The van der Waals surface area contributed by atoms with Crippen LogP contribution in [0.25, 0.3) is 0 Å². The highest BCUT2D eigenvalue weighted by atomic mass is 16.7. The first-order valence-corrected chi connectivity index (χ1v) is 27.9. The Bertz CT molecular complexity index is 1460. The molecule has 0 spiro atoms. The van der Waals surface area contributed by atoms with E-state index in [0.29, 0.717) is 12.8 Å². The SMILES string of the molecule is CC/C=C/C=C/C=C\C=C/C=C/CCCCCC(=O)OC1C(OCC(NC(=O)C(O)CCCC/C=C\CCCCCCCCC)C(O)/C=C/CCCCCCCCCCCCC)OC(CO)C(O)C1O. The van der Waals surface area contributed by atoms with Gasteiger partial charge in [-0.15, -0.1) is 0 Å². The summed E-state index contributed by atoms with van der Waals surface area (Å²) in [5.74, 6) is -1.26. The fraction of sp³-hybridized carbons (Fsp3) is 0.729. The second-order valence-electron chi connectivity index (χ2n) is 19.1. The van der Waals surface area contributed by atoms with Gasteiger partial charge < -0.3 is 45.1 Å². The number of hydrogen-bond donors (Lipinski definition) is 6. The predicted molar refractivity (Wildman–Crippen MR) is 287 cm³/mol.